The second-order valence-corrected chi connectivity index (χ2v) is 6.60. The molecule has 0 aliphatic heterocycles. The van der Waals surface area contributed by atoms with Gasteiger partial charge < -0.3 is 0 Å². The molecule has 0 unspecified atom stereocenters. The molecule has 0 bridgehead atoms. The average molecular weight is 399 g/mol. The molecule has 7 heteroatoms. The topological polar surface area (TPSA) is 34.1 Å². The van der Waals surface area contributed by atoms with E-state index in [9.17, 15) is 12.8 Å². The summed E-state index contributed by atoms with van der Waals surface area (Å²) in [7, 11) is 1.17. The van der Waals surface area contributed by atoms with Crippen LogP contribution in [-0.2, 0) is 9.05 Å². The van der Waals surface area contributed by atoms with Gasteiger partial charge in [0, 0.05) is 10.7 Å². The maximum Gasteiger partial charge on any atom is 0.262 e. The predicted octanol–water partition coefficient (Wildman–Crippen LogP) is 3.12. The molecule has 0 saturated carbocycles. The lowest BCUT2D eigenvalue weighted by Gasteiger charge is -2.02. The molecule has 0 radical (unpaired) electrons. The van der Waals surface area contributed by atoms with Crippen LogP contribution in [0.3, 0.4) is 0 Å². The van der Waals surface area contributed by atoms with Crippen LogP contribution < -0.4 is 0 Å². The second kappa shape index (κ2) is 4.00. The van der Waals surface area contributed by atoms with Crippen molar-refractivity contribution < 1.29 is 12.8 Å². The summed E-state index contributed by atoms with van der Waals surface area (Å²) in [4.78, 5) is -0.257. The van der Waals surface area contributed by atoms with Gasteiger partial charge in [0.15, 0.2) is 5.82 Å². The zero-order chi connectivity index (χ0) is 10.2. The van der Waals surface area contributed by atoms with Gasteiger partial charge in [-0.15, -0.1) is 0 Å². The molecule has 0 fully saturated rings. The van der Waals surface area contributed by atoms with Crippen molar-refractivity contribution in [1.29, 1.82) is 0 Å². The Kier molecular flexibility index (Phi) is 3.59. The van der Waals surface area contributed by atoms with Crippen LogP contribution >= 0.6 is 49.2 Å². The first-order valence-electron chi connectivity index (χ1n) is 2.92. The van der Waals surface area contributed by atoms with Crippen molar-refractivity contribution >= 4 is 58.3 Å². The highest BCUT2D eigenvalue weighted by molar-refractivity contribution is 14.1. The minimum Gasteiger partial charge on any atom is -0.207 e. The Bertz CT molecular complexity index is 448. The van der Waals surface area contributed by atoms with Crippen LogP contribution in [0.15, 0.2) is 21.5 Å². The van der Waals surface area contributed by atoms with Crippen molar-refractivity contribution in [3.8, 4) is 0 Å². The van der Waals surface area contributed by atoms with Crippen LogP contribution in [-0.4, -0.2) is 8.42 Å². The second-order valence-electron chi connectivity index (χ2n) is 2.11. The van der Waals surface area contributed by atoms with Crippen LogP contribution in [0.4, 0.5) is 4.39 Å². The third-order valence-electron chi connectivity index (χ3n) is 1.26. The number of hydrogen-bond acceptors (Lipinski definition) is 2. The van der Waals surface area contributed by atoms with E-state index in [1.807, 2.05) is 0 Å². The molecule has 0 spiro atoms. The Morgan fingerprint density at radius 3 is 2.46 bits per heavy atom. The standard InChI is InChI=1S/C6H2BrClFIO2S/c7-5-4(13(8,11)12)2-1-3(10)6(5)9/h1-2H. The first-order valence-corrected chi connectivity index (χ1v) is 7.10. The van der Waals surface area contributed by atoms with Gasteiger partial charge >= 0.3 is 0 Å². The van der Waals surface area contributed by atoms with Crippen molar-refractivity contribution in [1.82, 2.24) is 0 Å². The summed E-state index contributed by atoms with van der Waals surface area (Å²) in [6, 6.07) is 2.59. The summed E-state index contributed by atoms with van der Waals surface area (Å²) in [6.45, 7) is 0. The number of rotatable bonds is 1. The number of hydrogen-bond donors (Lipinski definition) is 0. The largest absolute Gasteiger partial charge is 0.262 e. The summed E-state index contributed by atoms with van der Waals surface area (Å²) >= 11 is 4.58. The third-order valence-corrected chi connectivity index (χ3v) is 4.50. The molecule has 72 valence electrons. The molecule has 1 aromatic carbocycles. The molecule has 0 heterocycles. The van der Waals surface area contributed by atoms with Gasteiger partial charge in [-0.1, -0.05) is 0 Å². The van der Waals surface area contributed by atoms with Crippen LogP contribution in [0.25, 0.3) is 0 Å². The molecule has 0 atom stereocenters. The SMILES string of the molecule is O=S(=O)(Cl)c1ccc(I)c(F)c1Br. The lowest BCUT2D eigenvalue weighted by Crippen LogP contribution is -1.96. The molecule has 13 heavy (non-hydrogen) atoms. The van der Waals surface area contributed by atoms with Crippen molar-refractivity contribution in [3.05, 3.63) is 26.0 Å². The summed E-state index contributed by atoms with van der Waals surface area (Å²) in [6.07, 6.45) is 0. The van der Waals surface area contributed by atoms with Crippen LogP contribution in [0.5, 0.6) is 0 Å². The maximum atomic E-state index is 13.1. The molecule has 1 aromatic rings. The fourth-order valence-corrected chi connectivity index (χ4v) is 3.70. The van der Waals surface area contributed by atoms with E-state index >= 15 is 0 Å². The monoisotopic (exact) mass is 398 g/mol. The minimum absolute atomic E-state index is 0.130. The van der Waals surface area contributed by atoms with Gasteiger partial charge in [0.05, 0.1) is 12.9 Å². The summed E-state index contributed by atoms with van der Waals surface area (Å²) < 4.78 is 35.1. The fourth-order valence-electron chi connectivity index (χ4n) is 0.696. The zero-order valence-electron chi connectivity index (χ0n) is 5.89. The first kappa shape index (κ1) is 11.7. The van der Waals surface area contributed by atoms with Crippen molar-refractivity contribution in [3.63, 3.8) is 0 Å². The molecule has 2 nitrogen and oxygen atoms in total. The fraction of sp³-hybridized carbons (Fsp3) is 0. The molecule has 0 aliphatic rings. The maximum absolute atomic E-state index is 13.1. The van der Waals surface area contributed by atoms with E-state index in [0.29, 0.717) is 3.57 Å². The highest BCUT2D eigenvalue weighted by atomic mass is 127. The first-order chi connectivity index (χ1) is 5.84. The molecule has 1 rings (SSSR count). The summed E-state index contributed by atoms with van der Waals surface area (Å²) in [5.41, 5.74) is 0. The Labute approximate surface area is 101 Å². The summed E-state index contributed by atoms with van der Waals surface area (Å²) in [5, 5.41) is 0. The van der Waals surface area contributed by atoms with Crippen LogP contribution in [0.1, 0.15) is 0 Å². The van der Waals surface area contributed by atoms with Crippen LogP contribution in [0.2, 0.25) is 0 Å². The molecule has 0 aliphatic carbocycles. The highest BCUT2D eigenvalue weighted by Crippen LogP contribution is 2.29. The van der Waals surface area contributed by atoms with E-state index in [1.165, 1.54) is 12.1 Å². The Morgan fingerprint density at radius 2 is 2.00 bits per heavy atom. The molecule has 0 saturated heterocycles. The zero-order valence-corrected chi connectivity index (χ0v) is 11.2. The molecule has 0 aromatic heterocycles. The van der Waals surface area contributed by atoms with Crippen LogP contribution in [0, 0.1) is 9.39 Å². The Hall–Kier alpha value is 0.600. The van der Waals surface area contributed by atoms with E-state index in [-0.39, 0.29) is 9.37 Å². The van der Waals surface area contributed by atoms with E-state index in [0.717, 1.165) is 0 Å². The highest BCUT2D eigenvalue weighted by Gasteiger charge is 2.18. The smallest absolute Gasteiger partial charge is 0.207 e. The van der Waals surface area contributed by atoms with E-state index < -0.39 is 14.9 Å². The normalized spacial score (nSPS) is 11.7. The Balaban J connectivity index is 3.53. The quantitative estimate of drug-likeness (QED) is 0.413. The number of benzene rings is 1. The van der Waals surface area contributed by atoms with Crippen molar-refractivity contribution in [2.24, 2.45) is 0 Å². The summed E-state index contributed by atoms with van der Waals surface area (Å²) in [5.74, 6) is -0.623. The van der Waals surface area contributed by atoms with Gasteiger partial charge in [0.2, 0.25) is 0 Å². The van der Waals surface area contributed by atoms with Gasteiger partial charge in [0.1, 0.15) is 0 Å². The van der Waals surface area contributed by atoms with E-state index in [4.69, 9.17) is 10.7 Å². The molecular weight excluding hydrogens is 397 g/mol. The molecular formula is C6H2BrClFIO2S. The number of halogens is 4. The van der Waals surface area contributed by atoms with Gasteiger partial charge in [-0.2, -0.15) is 0 Å². The third kappa shape index (κ3) is 2.54. The van der Waals surface area contributed by atoms with Gasteiger partial charge in [-0.25, -0.2) is 12.8 Å². The van der Waals surface area contributed by atoms with E-state index in [2.05, 4.69) is 15.9 Å². The Morgan fingerprint density at radius 1 is 1.46 bits per heavy atom. The van der Waals surface area contributed by atoms with Crippen molar-refractivity contribution in [2.75, 3.05) is 0 Å². The minimum atomic E-state index is -3.89. The van der Waals surface area contributed by atoms with Gasteiger partial charge in [-0.05, 0) is 50.7 Å². The van der Waals surface area contributed by atoms with E-state index in [1.54, 1.807) is 22.6 Å². The molecule has 0 amide bonds. The van der Waals surface area contributed by atoms with Gasteiger partial charge in [0.25, 0.3) is 9.05 Å². The lowest BCUT2D eigenvalue weighted by atomic mass is 10.3. The lowest BCUT2D eigenvalue weighted by molar-refractivity contribution is 0.594. The average Bonchev–Trinajstić information content (AvgIpc) is 1.98. The molecule has 0 N–H and O–H groups in total. The predicted molar refractivity (Wildman–Crippen MR) is 59.9 cm³/mol. The van der Waals surface area contributed by atoms with Crippen molar-refractivity contribution in [2.45, 2.75) is 4.90 Å². The van der Waals surface area contributed by atoms with Gasteiger partial charge in [-0.3, -0.25) is 0 Å².